The summed E-state index contributed by atoms with van der Waals surface area (Å²) < 4.78 is 5.12. The molecule has 0 radical (unpaired) electrons. The van der Waals surface area contributed by atoms with Crippen molar-refractivity contribution in [1.82, 2.24) is 4.98 Å². The number of nitrogens with two attached hydrogens (primary N) is 1. The molecule has 0 aliphatic heterocycles. The van der Waals surface area contributed by atoms with E-state index in [2.05, 4.69) is 4.98 Å². The number of pyridine rings is 1. The molecule has 86 valence electrons. The summed E-state index contributed by atoms with van der Waals surface area (Å²) in [5, 5.41) is 0. The van der Waals surface area contributed by atoms with Gasteiger partial charge >= 0.3 is 6.09 Å². The molecule has 0 aliphatic carbocycles. The summed E-state index contributed by atoms with van der Waals surface area (Å²) in [7, 11) is 0. The maximum atomic E-state index is 10.9. The average Bonchev–Trinajstić information content (AvgIpc) is 2.38. The summed E-state index contributed by atoms with van der Waals surface area (Å²) in [4.78, 5) is 14.9. The van der Waals surface area contributed by atoms with E-state index < -0.39 is 12.2 Å². The number of amides is 1. The fourth-order valence-electron chi connectivity index (χ4n) is 1.60. The smallest absolute Gasteiger partial charge is 0.405 e. The van der Waals surface area contributed by atoms with Crippen LogP contribution in [0.2, 0.25) is 0 Å². The topological polar surface area (TPSA) is 65.2 Å². The molecule has 0 saturated heterocycles. The molecule has 1 heterocycles. The number of carbonyl (C=O) groups excluding carboxylic acids is 1. The quantitative estimate of drug-likeness (QED) is 0.876. The second-order valence-corrected chi connectivity index (χ2v) is 3.51. The first-order valence-corrected chi connectivity index (χ1v) is 5.18. The monoisotopic (exact) mass is 228 g/mol. The van der Waals surface area contributed by atoms with Gasteiger partial charge < -0.3 is 10.5 Å². The van der Waals surface area contributed by atoms with E-state index in [1.165, 1.54) is 0 Å². The summed E-state index contributed by atoms with van der Waals surface area (Å²) >= 11 is 0. The lowest BCUT2D eigenvalue weighted by Crippen LogP contribution is -2.18. The molecule has 0 aliphatic rings. The third kappa shape index (κ3) is 2.81. The molecule has 0 fully saturated rings. The van der Waals surface area contributed by atoms with Gasteiger partial charge in [-0.1, -0.05) is 36.4 Å². The van der Waals surface area contributed by atoms with Crippen molar-refractivity contribution in [1.29, 1.82) is 0 Å². The summed E-state index contributed by atoms with van der Waals surface area (Å²) in [6.07, 6.45) is 2.00. The molecule has 4 heteroatoms. The highest BCUT2D eigenvalue weighted by atomic mass is 16.6. The van der Waals surface area contributed by atoms with Crippen LogP contribution in [0.15, 0.2) is 54.9 Å². The highest BCUT2D eigenvalue weighted by Crippen LogP contribution is 2.24. The number of benzene rings is 1. The van der Waals surface area contributed by atoms with Crippen LogP contribution in [0.25, 0.3) is 0 Å². The Bertz CT molecular complexity index is 446. The molecular weight excluding hydrogens is 216 g/mol. The van der Waals surface area contributed by atoms with Gasteiger partial charge in [0.25, 0.3) is 0 Å². The van der Waals surface area contributed by atoms with Gasteiger partial charge in [0.1, 0.15) is 0 Å². The minimum atomic E-state index is -0.803. The van der Waals surface area contributed by atoms with Crippen molar-refractivity contribution < 1.29 is 9.53 Å². The van der Waals surface area contributed by atoms with Crippen LogP contribution in [0.5, 0.6) is 0 Å². The molecule has 2 rings (SSSR count). The second kappa shape index (κ2) is 5.12. The van der Waals surface area contributed by atoms with E-state index in [9.17, 15) is 4.79 Å². The van der Waals surface area contributed by atoms with Gasteiger partial charge in [-0.2, -0.15) is 0 Å². The predicted octanol–water partition coefficient (Wildman–Crippen LogP) is 2.27. The van der Waals surface area contributed by atoms with E-state index in [0.29, 0.717) is 0 Å². The molecule has 1 aromatic heterocycles. The Labute approximate surface area is 99.1 Å². The van der Waals surface area contributed by atoms with E-state index in [1.54, 1.807) is 18.5 Å². The van der Waals surface area contributed by atoms with Gasteiger partial charge in [0, 0.05) is 18.0 Å². The van der Waals surface area contributed by atoms with E-state index in [1.807, 2.05) is 36.4 Å². The number of hydrogen-bond donors (Lipinski definition) is 1. The Morgan fingerprint density at radius 2 is 1.82 bits per heavy atom. The largest absolute Gasteiger partial charge is 0.437 e. The van der Waals surface area contributed by atoms with Crippen molar-refractivity contribution in [3.05, 3.63) is 66.0 Å². The third-order valence-electron chi connectivity index (χ3n) is 2.32. The van der Waals surface area contributed by atoms with Crippen LogP contribution in [0, 0.1) is 0 Å². The normalized spacial score (nSPS) is 11.8. The number of carbonyl (C=O) groups is 1. The zero-order valence-electron chi connectivity index (χ0n) is 9.11. The van der Waals surface area contributed by atoms with Gasteiger partial charge in [0.05, 0.1) is 0 Å². The van der Waals surface area contributed by atoms with Crippen LogP contribution in [-0.4, -0.2) is 11.1 Å². The molecule has 1 amide bonds. The first-order chi connectivity index (χ1) is 8.27. The Kier molecular flexibility index (Phi) is 3.35. The average molecular weight is 228 g/mol. The molecule has 2 N–H and O–H groups in total. The van der Waals surface area contributed by atoms with Crippen LogP contribution in [0.4, 0.5) is 4.79 Å². The lowest BCUT2D eigenvalue weighted by Gasteiger charge is -2.16. The van der Waals surface area contributed by atoms with Crippen LogP contribution in [0.3, 0.4) is 0 Å². The summed E-state index contributed by atoms with van der Waals surface area (Å²) in [6, 6.07) is 13.0. The Morgan fingerprint density at radius 1 is 1.12 bits per heavy atom. The number of nitrogens with zero attached hydrogens (tertiary/aromatic N) is 1. The number of primary amides is 1. The fraction of sp³-hybridized carbons (Fsp3) is 0.0769. The maximum absolute atomic E-state index is 10.9. The third-order valence-corrected chi connectivity index (χ3v) is 2.32. The lowest BCUT2D eigenvalue weighted by molar-refractivity contribution is 0.126. The molecule has 0 saturated carbocycles. The Balaban J connectivity index is 2.36. The lowest BCUT2D eigenvalue weighted by atomic mass is 10.0. The summed E-state index contributed by atoms with van der Waals surface area (Å²) in [5.74, 6) is 0. The Hall–Kier alpha value is -2.36. The molecule has 4 nitrogen and oxygen atoms in total. The van der Waals surface area contributed by atoms with Crippen molar-refractivity contribution in [3.8, 4) is 0 Å². The highest BCUT2D eigenvalue weighted by molar-refractivity contribution is 5.65. The first-order valence-electron chi connectivity index (χ1n) is 5.18. The number of ether oxygens (including phenoxy) is 1. The Morgan fingerprint density at radius 3 is 2.41 bits per heavy atom. The highest BCUT2D eigenvalue weighted by Gasteiger charge is 2.17. The maximum Gasteiger partial charge on any atom is 0.405 e. The first kappa shape index (κ1) is 11.1. The molecule has 0 bridgehead atoms. The predicted molar refractivity (Wildman–Crippen MR) is 63.2 cm³/mol. The molecule has 1 unspecified atom stereocenters. The van der Waals surface area contributed by atoms with Crippen LogP contribution < -0.4 is 5.73 Å². The summed E-state index contributed by atoms with van der Waals surface area (Å²) in [5.41, 5.74) is 6.74. The number of hydrogen-bond acceptors (Lipinski definition) is 3. The summed E-state index contributed by atoms with van der Waals surface area (Å²) in [6.45, 7) is 0. The van der Waals surface area contributed by atoms with E-state index in [4.69, 9.17) is 10.5 Å². The van der Waals surface area contributed by atoms with E-state index in [-0.39, 0.29) is 0 Å². The van der Waals surface area contributed by atoms with E-state index >= 15 is 0 Å². The number of aromatic nitrogens is 1. The van der Waals surface area contributed by atoms with Crippen molar-refractivity contribution in [2.45, 2.75) is 6.10 Å². The van der Waals surface area contributed by atoms with Crippen LogP contribution in [-0.2, 0) is 4.74 Å². The SMILES string of the molecule is NC(=O)OC(c1ccccc1)c1cccnc1. The van der Waals surface area contributed by atoms with Crippen LogP contribution >= 0.6 is 0 Å². The minimum absolute atomic E-state index is 0.512. The zero-order chi connectivity index (χ0) is 12.1. The number of rotatable bonds is 3. The van der Waals surface area contributed by atoms with Gasteiger partial charge in [-0.15, -0.1) is 0 Å². The van der Waals surface area contributed by atoms with Gasteiger partial charge in [0.15, 0.2) is 6.10 Å². The second-order valence-electron chi connectivity index (χ2n) is 3.51. The van der Waals surface area contributed by atoms with E-state index in [0.717, 1.165) is 11.1 Å². The zero-order valence-corrected chi connectivity index (χ0v) is 9.11. The minimum Gasteiger partial charge on any atom is -0.437 e. The van der Waals surface area contributed by atoms with Crippen molar-refractivity contribution in [2.24, 2.45) is 5.73 Å². The molecule has 1 aromatic carbocycles. The van der Waals surface area contributed by atoms with Gasteiger partial charge in [-0.25, -0.2) is 4.79 Å². The molecule has 2 aromatic rings. The molecule has 1 atom stereocenters. The van der Waals surface area contributed by atoms with Gasteiger partial charge in [-0.05, 0) is 11.6 Å². The molecule has 17 heavy (non-hydrogen) atoms. The standard InChI is InChI=1S/C13H12N2O2/c14-13(16)17-12(10-5-2-1-3-6-10)11-7-4-8-15-9-11/h1-9,12H,(H2,14,16). The molecule has 0 spiro atoms. The fourth-order valence-corrected chi connectivity index (χ4v) is 1.60. The van der Waals surface area contributed by atoms with Crippen molar-refractivity contribution >= 4 is 6.09 Å². The molecular formula is C13H12N2O2. The van der Waals surface area contributed by atoms with Gasteiger partial charge in [0.2, 0.25) is 0 Å². The van der Waals surface area contributed by atoms with Gasteiger partial charge in [-0.3, -0.25) is 4.98 Å². The van der Waals surface area contributed by atoms with Crippen molar-refractivity contribution in [2.75, 3.05) is 0 Å². The van der Waals surface area contributed by atoms with Crippen molar-refractivity contribution in [3.63, 3.8) is 0 Å². The van der Waals surface area contributed by atoms with Crippen LogP contribution in [0.1, 0.15) is 17.2 Å².